The van der Waals surface area contributed by atoms with E-state index in [1.54, 1.807) is 12.3 Å². The normalized spacial score (nSPS) is 13.2. The summed E-state index contributed by atoms with van der Waals surface area (Å²) in [5.74, 6) is 0.715. The molecule has 2 atom stereocenters. The third-order valence-corrected chi connectivity index (χ3v) is 5.16. The Morgan fingerprint density at radius 3 is 2.41 bits per heavy atom. The summed E-state index contributed by atoms with van der Waals surface area (Å²) in [4.78, 5) is 4.09. The average Bonchev–Trinajstić information content (AvgIpc) is 2.69. The van der Waals surface area contributed by atoms with Gasteiger partial charge in [-0.25, -0.2) is 0 Å². The molecule has 0 fully saturated rings. The summed E-state index contributed by atoms with van der Waals surface area (Å²) in [6.07, 6.45) is 4.08. The van der Waals surface area contributed by atoms with Crippen LogP contribution in [0.1, 0.15) is 18.9 Å². The zero-order valence-corrected chi connectivity index (χ0v) is 16.5. The van der Waals surface area contributed by atoms with Gasteiger partial charge in [-0.2, -0.15) is 0 Å². The molecule has 27 heavy (non-hydrogen) atoms. The van der Waals surface area contributed by atoms with Gasteiger partial charge in [-0.15, -0.1) is 0 Å². The fraction of sp³-hybridized carbons (Fsp3) is 0.227. The predicted octanol–water partition coefficient (Wildman–Crippen LogP) is 5.82. The van der Waals surface area contributed by atoms with Crippen molar-refractivity contribution in [1.29, 1.82) is 0 Å². The van der Waals surface area contributed by atoms with E-state index in [2.05, 4.69) is 4.98 Å². The molecule has 0 amide bonds. The fourth-order valence-corrected chi connectivity index (χ4v) is 3.09. The van der Waals surface area contributed by atoms with E-state index in [4.69, 9.17) is 27.9 Å². The molecule has 2 aromatic carbocycles. The molecule has 3 aromatic rings. The van der Waals surface area contributed by atoms with Gasteiger partial charge in [-0.3, -0.25) is 4.98 Å². The standard InChI is InChI=1S/C22H21Cl2NO2/c1-15(22(26)11-4-16-3-2-12-25-14-16)27-19-8-5-17(6-9-19)18-7-10-20(23)21(24)13-18/h2-3,5-10,12-15,22,26H,4,11H2,1H3. The number of hydrogen-bond donors (Lipinski definition) is 1. The first-order valence-corrected chi connectivity index (χ1v) is 9.57. The highest BCUT2D eigenvalue weighted by molar-refractivity contribution is 6.42. The Bertz CT molecular complexity index is 869. The van der Waals surface area contributed by atoms with E-state index in [9.17, 15) is 5.11 Å². The Morgan fingerprint density at radius 2 is 1.74 bits per heavy atom. The molecule has 0 spiro atoms. The van der Waals surface area contributed by atoms with Gasteiger partial charge in [0.05, 0.1) is 16.1 Å². The molecule has 0 saturated heterocycles. The number of pyridine rings is 1. The number of rotatable bonds is 7. The second kappa shape index (κ2) is 9.23. The van der Waals surface area contributed by atoms with Gasteiger partial charge in [-0.05, 0) is 66.8 Å². The molecule has 140 valence electrons. The van der Waals surface area contributed by atoms with Gasteiger partial charge in [0, 0.05) is 12.4 Å². The van der Waals surface area contributed by atoms with Gasteiger partial charge < -0.3 is 9.84 Å². The number of halogens is 2. The van der Waals surface area contributed by atoms with E-state index >= 15 is 0 Å². The Hall–Kier alpha value is -2.07. The van der Waals surface area contributed by atoms with E-state index in [1.165, 1.54) is 0 Å². The Balaban J connectivity index is 1.57. The summed E-state index contributed by atoms with van der Waals surface area (Å²) in [6, 6.07) is 17.2. The van der Waals surface area contributed by atoms with Crippen LogP contribution in [0.3, 0.4) is 0 Å². The Labute approximate surface area is 169 Å². The fourth-order valence-electron chi connectivity index (χ4n) is 2.79. The van der Waals surface area contributed by atoms with Crippen molar-refractivity contribution >= 4 is 23.2 Å². The predicted molar refractivity (Wildman–Crippen MR) is 111 cm³/mol. The Morgan fingerprint density at radius 1 is 1.00 bits per heavy atom. The third kappa shape index (κ3) is 5.46. The van der Waals surface area contributed by atoms with Gasteiger partial charge >= 0.3 is 0 Å². The molecule has 0 aliphatic rings. The number of aryl methyl sites for hydroxylation is 1. The minimum Gasteiger partial charge on any atom is -0.488 e. The molecular formula is C22H21Cl2NO2. The van der Waals surface area contributed by atoms with Crippen LogP contribution in [0.2, 0.25) is 10.0 Å². The van der Waals surface area contributed by atoms with Crippen molar-refractivity contribution in [3.8, 4) is 16.9 Å². The number of benzene rings is 2. The van der Waals surface area contributed by atoms with Crippen molar-refractivity contribution in [2.24, 2.45) is 0 Å². The van der Waals surface area contributed by atoms with Crippen molar-refractivity contribution in [2.45, 2.75) is 32.0 Å². The maximum absolute atomic E-state index is 10.4. The first kappa shape index (κ1) is 19.7. The molecule has 0 aliphatic carbocycles. The molecule has 2 unspecified atom stereocenters. The van der Waals surface area contributed by atoms with Gasteiger partial charge in [0.15, 0.2) is 0 Å². The molecule has 5 heteroatoms. The molecule has 0 saturated carbocycles. The largest absolute Gasteiger partial charge is 0.488 e. The number of aliphatic hydroxyl groups excluding tert-OH is 1. The number of nitrogens with zero attached hydrogens (tertiary/aromatic N) is 1. The first-order chi connectivity index (χ1) is 13.0. The Kier molecular flexibility index (Phi) is 6.73. The minimum absolute atomic E-state index is 0.308. The molecule has 3 rings (SSSR count). The van der Waals surface area contributed by atoms with Gasteiger partial charge in [0.25, 0.3) is 0 Å². The summed E-state index contributed by atoms with van der Waals surface area (Å²) >= 11 is 12.1. The number of hydrogen-bond acceptors (Lipinski definition) is 3. The van der Waals surface area contributed by atoms with E-state index in [0.29, 0.717) is 22.2 Å². The molecule has 1 N–H and O–H groups in total. The SMILES string of the molecule is CC(Oc1ccc(-c2ccc(Cl)c(Cl)c2)cc1)C(O)CCc1cccnc1. The smallest absolute Gasteiger partial charge is 0.122 e. The molecule has 3 nitrogen and oxygen atoms in total. The minimum atomic E-state index is -0.556. The van der Waals surface area contributed by atoms with Gasteiger partial charge in [0.1, 0.15) is 11.9 Å². The zero-order valence-electron chi connectivity index (χ0n) is 15.0. The maximum atomic E-state index is 10.4. The second-order valence-electron chi connectivity index (χ2n) is 6.44. The van der Waals surface area contributed by atoms with Crippen LogP contribution in [0.5, 0.6) is 5.75 Å². The summed E-state index contributed by atoms with van der Waals surface area (Å²) < 4.78 is 5.89. The summed E-state index contributed by atoms with van der Waals surface area (Å²) in [7, 11) is 0. The summed E-state index contributed by atoms with van der Waals surface area (Å²) in [6.45, 7) is 1.88. The van der Waals surface area contributed by atoms with Crippen molar-refractivity contribution in [3.05, 3.63) is 82.6 Å². The quantitative estimate of drug-likeness (QED) is 0.542. The highest BCUT2D eigenvalue weighted by atomic mass is 35.5. The van der Waals surface area contributed by atoms with Crippen molar-refractivity contribution < 1.29 is 9.84 Å². The van der Waals surface area contributed by atoms with Crippen molar-refractivity contribution in [2.75, 3.05) is 0 Å². The highest BCUT2D eigenvalue weighted by Gasteiger charge is 2.16. The van der Waals surface area contributed by atoms with E-state index < -0.39 is 6.10 Å². The van der Waals surface area contributed by atoms with Crippen LogP contribution >= 0.6 is 23.2 Å². The van der Waals surface area contributed by atoms with Crippen LogP contribution in [0.4, 0.5) is 0 Å². The van der Waals surface area contributed by atoms with E-state index in [-0.39, 0.29) is 6.10 Å². The lowest BCUT2D eigenvalue weighted by Gasteiger charge is -2.20. The number of aliphatic hydroxyl groups is 1. The molecule has 1 aromatic heterocycles. The summed E-state index contributed by atoms with van der Waals surface area (Å²) in [5.41, 5.74) is 3.11. The van der Waals surface area contributed by atoms with Crippen LogP contribution in [-0.2, 0) is 6.42 Å². The molecule has 0 bridgehead atoms. The lowest BCUT2D eigenvalue weighted by atomic mass is 10.0. The van der Waals surface area contributed by atoms with Crippen LogP contribution in [0, 0.1) is 0 Å². The van der Waals surface area contributed by atoms with E-state index in [0.717, 1.165) is 23.1 Å². The molecule has 1 heterocycles. The van der Waals surface area contributed by atoms with Crippen LogP contribution < -0.4 is 4.74 Å². The average molecular weight is 402 g/mol. The van der Waals surface area contributed by atoms with Crippen LogP contribution in [-0.4, -0.2) is 22.3 Å². The number of ether oxygens (including phenoxy) is 1. The third-order valence-electron chi connectivity index (χ3n) is 4.42. The molecular weight excluding hydrogens is 381 g/mol. The van der Waals surface area contributed by atoms with Crippen LogP contribution in [0.15, 0.2) is 67.0 Å². The van der Waals surface area contributed by atoms with Gasteiger partial charge in [-0.1, -0.05) is 47.5 Å². The van der Waals surface area contributed by atoms with Crippen molar-refractivity contribution in [3.63, 3.8) is 0 Å². The van der Waals surface area contributed by atoms with Gasteiger partial charge in [0.2, 0.25) is 0 Å². The lowest BCUT2D eigenvalue weighted by Crippen LogP contribution is -2.29. The number of aromatic nitrogens is 1. The summed E-state index contributed by atoms with van der Waals surface area (Å²) in [5, 5.41) is 11.4. The monoisotopic (exact) mass is 401 g/mol. The second-order valence-corrected chi connectivity index (χ2v) is 7.26. The highest BCUT2D eigenvalue weighted by Crippen LogP contribution is 2.29. The molecule has 0 aliphatic heterocycles. The van der Waals surface area contributed by atoms with Crippen molar-refractivity contribution in [1.82, 2.24) is 4.98 Å². The van der Waals surface area contributed by atoms with E-state index in [1.807, 2.05) is 61.7 Å². The molecule has 0 radical (unpaired) electrons. The first-order valence-electron chi connectivity index (χ1n) is 8.82. The van der Waals surface area contributed by atoms with Crippen LogP contribution in [0.25, 0.3) is 11.1 Å². The maximum Gasteiger partial charge on any atom is 0.122 e. The zero-order chi connectivity index (χ0) is 19.2. The lowest BCUT2D eigenvalue weighted by molar-refractivity contribution is 0.0420. The topological polar surface area (TPSA) is 42.4 Å².